The van der Waals surface area contributed by atoms with Crippen molar-refractivity contribution in [2.75, 3.05) is 0 Å². The van der Waals surface area contributed by atoms with E-state index in [2.05, 4.69) is 10.6 Å². The number of amides is 1. The number of nitrogens with one attached hydrogen (secondary N) is 3. The molecular formula is C30H40N4O4. The van der Waals surface area contributed by atoms with Gasteiger partial charge in [-0.1, -0.05) is 44.2 Å². The van der Waals surface area contributed by atoms with Gasteiger partial charge in [0.2, 0.25) is 5.91 Å². The first kappa shape index (κ1) is 26.7. The summed E-state index contributed by atoms with van der Waals surface area (Å²) in [4.78, 5) is 15.1. The molecule has 0 saturated carbocycles. The van der Waals surface area contributed by atoms with Gasteiger partial charge in [0, 0.05) is 23.9 Å². The molecule has 0 aromatic heterocycles. The summed E-state index contributed by atoms with van der Waals surface area (Å²) in [5.41, 5.74) is 1.44. The largest absolute Gasteiger partial charge is 0.487 e. The van der Waals surface area contributed by atoms with Gasteiger partial charge in [0.15, 0.2) is 5.96 Å². The van der Waals surface area contributed by atoms with E-state index in [-0.39, 0.29) is 11.9 Å². The molecule has 1 fully saturated rings. The predicted molar refractivity (Wildman–Crippen MR) is 146 cm³/mol. The summed E-state index contributed by atoms with van der Waals surface area (Å²) in [5, 5.41) is 37.8. The number of guanidine groups is 1. The first-order valence-electron chi connectivity index (χ1n) is 13.6. The Morgan fingerprint density at radius 2 is 1.84 bits per heavy atom. The topological polar surface area (TPSA) is 118 Å². The fourth-order valence-corrected chi connectivity index (χ4v) is 6.42. The summed E-state index contributed by atoms with van der Waals surface area (Å²) in [6, 6.07) is 12.5. The van der Waals surface area contributed by atoms with Crippen LogP contribution >= 0.6 is 0 Å². The van der Waals surface area contributed by atoms with Crippen LogP contribution < -0.4 is 15.4 Å². The fraction of sp³-hybridized carbons (Fsp3) is 0.533. The minimum absolute atomic E-state index is 0.0752. The molecule has 3 aliphatic rings. The van der Waals surface area contributed by atoms with Crippen molar-refractivity contribution in [1.29, 1.82) is 5.41 Å². The molecule has 4 atom stereocenters. The lowest BCUT2D eigenvalue weighted by molar-refractivity contribution is -0.134. The van der Waals surface area contributed by atoms with Crippen LogP contribution in [0, 0.1) is 5.41 Å². The third-order valence-electron chi connectivity index (χ3n) is 8.69. The SMILES string of the molecule is CCC1(CC)CC(=O)N([C@@H]2CC(C)(C)Oc3ccc(C(O)N[C@@H]4c5ccccc5CC4(C)O)cc32)C(=N)N1. The number of hydrogen-bond acceptors (Lipinski definition) is 6. The summed E-state index contributed by atoms with van der Waals surface area (Å²) in [5.74, 6) is 0.680. The molecule has 2 heterocycles. The Hall–Kier alpha value is -2.94. The van der Waals surface area contributed by atoms with Gasteiger partial charge in [-0.2, -0.15) is 0 Å². The van der Waals surface area contributed by atoms with Crippen molar-refractivity contribution in [3.8, 4) is 5.75 Å². The van der Waals surface area contributed by atoms with Crippen molar-refractivity contribution in [2.45, 2.75) is 102 Å². The molecule has 0 bridgehead atoms. The molecule has 1 amide bonds. The maximum atomic E-state index is 13.5. The van der Waals surface area contributed by atoms with Gasteiger partial charge in [-0.15, -0.1) is 0 Å². The summed E-state index contributed by atoms with van der Waals surface area (Å²) >= 11 is 0. The predicted octanol–water partition coefficient (Wildman–Crippen LogP) is 4.23. The van der Waals surface area contributed by atoms with Crippen LogP contribution in [0.15, 0.2) is 42.5 Å². The normalized spacial score (nSPS) is 28.2. The number of hydrogen-bond donors (Lipinski definition) is 5. The molecule has 8 heteroatoms. The number of ether oxygens (including phenoxy) is 1. The lowest BCUT2D eigenvalue weighted by atomic mass is 9.83. The Morgan fingerprint density at radius 3 is 2.53 bits per heavy atom. The highest BCUT2D eigenvalue weighted by Gasteiger charge is 2.46. The van der Waals surface area contributed by atoms with E-state index in [1.165, 1.54) is 0 Å². The van der Waals surface area contributed by atoms with Crippen LogP contribution in [0.3, 0.4) is 0 Å². The number of carbonyl (C=O) groups is 1. The smallest absolute Gasteiger partial charge is 0.232 e. The van der Waals surface area contributed by atoms with Gasteiger partial charge in [0.05, 0.1) is 24.1 Å². The quantitative estimate of drug-likeness (QED) is 0.364. The third-order valence-corrected chi connectivity index (χ3v) is 8.69. The standard InChI is InChI=1S/C30H40N4O4/c1-6-30(7-2)17-24(35)34(27(31)33-30)22-16-28(3,4)38-23-13-12-18(14-21(22)23)26(36)32-25-20-11-9-8-10-19(20)15-29(25,5)37/h8-14,22,25-26,32,36-37H,6-7,15-17H2,1-5H3,(H2,31,33)/t22-,25-,26?,29?/m1/s1. The molecule has 2 unspecified atom stereocenters. The van der Waals surface area contributed by atoms with Crippen LogP contribution in [-0.2, 0) is 11.2 Å². The highest BCUT2D eigenvalue weighted by Crippen LogP contribution is 2.46. The van der Waals surface area contributed by atoms with E-state index < -0.39 is 35.1 Å². The summed E-state index contributed by atoms with van der Waals surface area (Å²) in [7, 11) is 0. The number of rotatable bonds is 6. The van der Waals surface area contributed by atoms with Gasteiger partial charge in [0.1, 0.15) is 17.6 Å². The highest BCUT2D eigenvalue weighted by molar-refractivity contribution is 5.99. The van der Waals surface area contributed by atoms with E-state index in [0.29, 0.717) is 30.6 Å². The van der Waals surface area contributed by atoms with Crippen molar-refractivity contribution >= 4 is 11.9 Å². The number of carbonyl (C=O) groups excluding carboxylic acids is 1. The molecule has 38 heavy (non-hydrogen) atoms. The Bertz CT molecular complexity index is 1230. The van der Waals surface area contributed by atoms with E-state index in [0.717, 1.165) is 29.5 Å². The third kappa shape index (κ3) is 4.59. The zero-order valence-electron chi connectivity index (χ0n) is 23.0. The number of aliphatic hydroxyl groups is 2. The zero-order valence-corrected chi connectivity index (χ0v) is 23.0. The van der Waals surface area contributed by atoms with Crippen molar-refractivity contribution in [3.63, 3.8) is 0 Å². The second-order valence-electron chi connectivity index (χ2n) is 12.0. The minimum atomic E-state index is -1.05. The summed E-state index contributed by atoms with van der Waals surface area (Å²) < 4.78 is 6.27. The summed E-state index contributed by atoms with van der Waals surface area (Å²) in [6.45, 7) is 9.84. The first-order chi connectivity index (χ1) is 17.9. The molecule has 2 aromatic rings. The molecule has 0 radical (unpaired) electrons. The van der Waals surface area contributed by atoms with Gasteiger partial charge in [-0.25, -0.2) is 0 Å². The van der Waals surface area contributed by atoms with Crippen LogP contribution in [0.2, 0.25) is 0 Å². The number of fused-ring (bicyclic) bond motifs is 2. The summed E-state index contributed by atoms with van der Waals surface area (Å²) in [6.07, 6.45) is 1.82. The van der Waals surface area contributed by atoms with Crippen molar-refractivity contribution in [3.05, 3.63) is 64.7 Å². The van der Waals surface area contributed by atoms with Crippen molar-refractivity contribution < 1.29 is 19.7 Å². The van der Waals surface area contributed by atoms with E-state index >= 15 is 0 Å². The van der Waals surface area contributed by atoms with Crippen LogP contribution in [0.4, 0.5) is 0 Å². The Labute approximate surface area is 224 Å². The van der Waals surface area contributed by atoms with E-state index in [1.807, 2.05) is 70.2 Å². The van der Waals surface area contributed by atoms with Crippen LogP contribution in [0.25, 0.3) is 0 Å². The zero-order chi connectivity index (χ0) is 27.5. The molecule has 8 nitrogen and oxygen atoms in total. The van der Waals surface area contributed by atoms with Gasteiger partial charge in [-0.05, 0) is 62.4 Å². The van der Waals surface area contributed by atoms with Crippen LogP contribution in [0.5, 0.6) is 5.75 Å². The maximum Gasteiger partial charge on any atom is 0.232 e. The molecule has 204 valence electrons. The number of benzene rings is 2. The highest BCUT2D eigenvalue weighted by atomic mass is 16.5. The monoisotopic (exact) mass is 520 g/mol. The van der Waals surface area contributed by atoms with Crippen molar-refractivity contribution in [1.82, 2.24) is 15.5 Å². The Kier molecular flexibility index (Phi) is 6.57. The fourth-order valence-electron chi connectivity index (χ4n) is 6.42. The molecule has 5 rings (SSSR count). The average Bonchev–Trinajstić information content (AvgIpc) is 3.11. The molecule has 1 aliphatic carbocycles. The molecule has 2 aliphatic heterocycles. The molecule has 2 aromatic carbocycles. The van der Waals surface area contributed by atoms with Gasteiger partial charge < -0.3 is 20.3 Å². The van der Waals surface area contributed by atoms with E-state index in [9.17, 15) is 15.0 Å². The van der Waals surface area contributed by atoms with Gasteiger partial charge in [-0.3, -0.25) is 20.4 Å². The molecule has 1 saturated heterocycles. The second kappa shape index (κ2) is 9.36. The van der Waals surface area contributed by atoms with Gasteiger partial charge >= 0.3 is 0 Å². The number of nitrogens with zero attached hydrogens (tertiary/aromatic N) is 1. The maximum absolute atomic E-state index is 13.5. The van der Waals surface area contributed by atoms with Gasteiger partial charge in [0.25, 0.3) is 0 Å². The van der Waals surface area contributed by atoms with E-state index in [1.54, 1.807) is 11.8 Å². The molecule has 0 spiro atoms. The first-order valence-corrected chi connectivity index (χ1v) is 13.6. The van der Waals surface area contributed by atoms with Crippen LogP contribution in [0.1, 0.15) is 101 Å². The van der Waals surface area contributed by atoms with Crippen LogP contribution in [-0.4, -0.2) is 43.7 Å². The Balaban J connectivity index is 1.46. The molecule has 5 N–H and O–H groups in total. The number of aliphatic hydroxyl groups excluding tert-OH is 1. The Morgan fingerprint density at radius 1 is 1.13 bits per heavy atom. The molecular weight excluding hydrogens is 480 g/mol. The second-order valence-corrected chi connectivity index (χ2v) is 12.0. The lowest BCUT2D eigenvalue weighted by Gasteiger charge is -2.48. The minimum Gasteiger partial charge on any atom is -0.487 e. The lowest BCUT2D eigenvalue weighted by Crippen LogP contribution is -2.63. The van der Waals surface area contributed by atoms with Crippen molar-refractivity contribution in [2.24, 2.45) is 0 Å². The average molecular weight is 521 g/mol. The van der Waals surface area contributed by atoms with E-state index in [4.69, 9.17) is 10.1 Å².